The first kappa shape index (κ1) is 15.7. The molecule has 2 saturated heterocycles. The molecule has 2 unspecified atom stereocenters. The van der Waals surface area contributed by atoms with Crippen LogP contribution in [0.5, 0.6) is 0 Å². The molecule has 0 aromatic heterocycles. The highest BCUT2D eigenvalue weighted by molar-refractivity contribution is 6.30. The molecule has 2 aliphatic heterocycles. The van der Waals surface area contributed by atoms with Crippen molar-refractivity contribution >= 4 is 17.5 Å². The molecule has 2 atom stereocenters. The molecule has 6 heteroatoms. The molecule has 0 spiro atoms. The lowest BCUT2D eigenvalue weighted by Crippen LogP contribution is -2.52. The average molecular weight is 324 g/mol. The van der Waals surface area contributed by atoms with Crippen LogP contribution in [-0.4, -0.2) is 65.7 Å². The second kappa shape index (κ2) is 6.96. The van der Waals surface area contributed by atoms with E-state index in [0.717, 1.165) is 37.7 Å². The first-order valence-corrected chi connectivity index (χ1v) is 8.16. The van der Waals surface area contributed by atoms with Crippen molar-refractivity contribution < 1.29 is 9.90 Å². The molecule has 120 valence electrons. The molecule has 2 aliphatic rings. The van der Waals surface area contributed by atoms with Gasteiger partial charge in [-0.2, -0.15) is 0 Å². The van der Waals surface area contributed by atoms with Gasteiger partial charge in [0.05, 0.1) is 12.1 Å². The van der Waals surface area contributed by atoms with E-state index in [4.69, 9.17) is 11.6 Å². The number of halogens is 1. The number of benzene rings is 1. The summed E-state index contributed by atoms with van der Waals surface area (Å²) < 4.78 is 0. The third-order valence-electron chi connectivity index (χ3n) is 4.41. The minimum Gasteiger partial charge on any atom is -0.392 e. The number of carbonyl (C=O) groups excluding carboxylic acids is 1. The van der Waals surface area contributed by atoms with Gasteiger partial charge in [-0.25, -0.2) is 0 Å². The average Bonchev–Trinajstić information content (AvgIpc) is 2.96. The van der Waals surface area contributed by atoms with Crippen molar-refractivity contribution in [3.63, 3.8) is 0 Å². The summed E-state index contributed by atoms with van der Waals surface area (Å²) in [4.78, 5) is 16.6. The summed E-state index contributed by atoms with van der Waals surface area (Å²) in [6, 6.07) is 7.70. The van der Waals surface area contributed by atoms with E-state index in [2.05, 4.69) is 10.2 Å². The number of piperazine rings is 1. The number of carbonyl (C=O) groups is 1. The highest BCUT2D eigenvalue weighted by atomic mass is 35.5. The molecular weight excluding hydrogens is 302 g/mol. The molecule has 1 aromatic carbocycles. The number of hydrogen-bond donors (Lipinski definition) is 2. The van der Waals surface area contributed by atoms with E-state index in [0.29, 0.717) is 13.0 Å². The van der Waals surface area contributed by atoms with Crippen LogP contribution in [0.3, 0.4) is 0 Å². The fourth-order valence-corrected chi connectivity index (χ4v) is 3.23. The van der Waals surface area contributed by atoms with Crippen LogP contribution in [0.25, 0.3) is 0 Å². The van der Waals surface area contributed by atoms with Gasteiger partial charge in [-0.05, 0) is 24.1 Å². The van der Waals surface area contributed by atoms with E-state index in [9.17, 15) is 9.90 Å². The first-order valence-electron chi connectivity index (χ1n) is 7.79. The zero-order chi connectivity index (χ0) is 15.5. The monoisotopic (exact) mass is 323 g/mol. The number of nitrogens with zero attached hydrogens (tertiary/aromatic N) is 2. The summed E-state index contributed by atoms with van der Waals surface area (Å²) in [7, 11) is 0. The summed E-state index contributed by atoms with van der Waals surface area (Å²) in [5.74, 6) is 0.127. The Morgan fingerprint density at radius 3 is 2.50 bits per heavy atom. The van der Waals surface area contributed by atoms with Crippen LogP contribution >= 0.6 is 11.6 Å². The predicted molar refractivity (Wildman–Crippen MR) is 85.7 cm³/mol. The number of rotatable bonds is 3. The van der Waals surface area contributed by atoms with Gasteiger partial charge in [-0.15, -0.1) is 0 Å². The Balaban J connectivity index is 1.48. The van der Waals surface area contributed by atoms with Gasteiger partial charge < -0.3 is 15.3 Å². The van der Waals surface area contributed by atoms with Crippen molar-refractivity contribution in [3.8, 4) is 0 Å². The molecule has 2 N–H and O–H groups in total. The first-order chi connectivity index (χ1) is 10.6. The molecule has 0 aliphatic carbocycles. The standard InChI is InChI=1S/C16H22ClN3O2/c17-13-3-1-12(2-4-13)11-19-5-7-20(8-6-19)16(22)15-9-14(21)10-18-15/h1-4,14-15,18,21H,5-11H2. The van der Waals surface area contributed by atoms with E-state index in [1.165, 1.54) is 5.56 Å². The van der Waals surface area contributed by atoms with E-state index in [-0.39, 0.29) is 18.1 Å². The number of amides is 1. The minimum absolute atomic E-state index is 0.127. The van der Waals surface area contributed by atoms with Gasteiger partial charge in [-0.3, -0.25) is 9.69 Å². The van der Waals surface area contributed by atoms with Crippen molar-refractivity contribution in [3.05, 3.63) is 34.9 Å². The zero-order valence-electron chi connectivity index (χ0n) is 12.5. The van der Waals surface area contributed by atoms with Crippen LogP contribution in [0.1, 0.15) is 12.0 Å². The molecular formula is C16H22ClN3O2. The quantitative estimate of drug-likeness (QED) is 0.860. The lowest BCUT2D eigenvalue weighted by molar-refractivity contribution is -0.135. The van der Waals surface area contributed by atoms with Crippen LogP contribution in [0.4, 0.5) is 0 Å². The van der Waals surface area contributed by atoms with Crippen molar-refractivity contribution in [1.82, 2.24) is 15.1 Å². The molecule has 2 heterocycles. The lowest BCUT2D eigenvalue weighted by atomic mass is 10.1. The SMILES string of the molecule is O=C(C1CC(O)CN1)N1CCN(Cc2ccc(Cl)cc2)CC1. The maximum absolute atomic E-state index is 12.4. The molecule has 3 rings (SSSR count). The number of β-amino-alcohol motifs (C(OH)–C–C–N with tert-alkyl or cyclic N) is 1. The highest BCUT2D eigenvalue weighted by Crippen LogP contribution is 2.15. The third kappa shape index (κ3) is 3.79. The highest BCUT2D eigenvalue weighted by Gasteiger charge is 2.32. The Hall–Kier alpha value is -1.14. The van der Waals surface area contributed by atoms with Crippen molar-refractivity contribution in [2.45, 2.75) is 25.1 Å². The van der Waals surface area contributed by atoms with Gasteiger partial charge >= 0.3 is 0 Å². The number of aliphatic hydroxyl groups is 1. The molecule has 22 heavy (non-hydrogen) atoms. The summed E-state index contributed by atoms with van der Waals surface area (Å²) in [5, 5.41) is 13.4. The van der Waals surface area contributed by atoms with Gasteiger partial charge in [-0.1, -0.05) is 23.7 Å². The molecule has 1 aromatic rings. The molecule has 0 bridgehead atoms. The second-order valence-electron chi connectivity index (χ2n) is 6.08. The van der Waals surface area contributed by atoms with Gasteiger partial charge in [0, 0.05) is 44.3 Å². The van der Waals surface area contributed by atoms with Crippen LogP contribution in [-0.2, 0) is 11.3 Å². The van der Waals surface area contributed by atoms with Gasteiger partial charge in [0.1, 0.15) is 0 Å². The molecule has 5 nitrogen and oxygen atoms in total. The fraction of sp³-hybridized carbons (Fsp3) is 0.562. The van der Waals surface area contributed by atoms with Crippen molar-refractivity contribution in [2.24, 2.45) is 0 Å². The van der Waals surface area contributed by atoms with Crippen LogP contribution < -0.4 is 5.32 Å². The van der Waals surface area contributed by atoms with Gasteiger partial charge in [0.25, 0.3) is 0 Å². The smallest absolute Gasteiger partial charge is 0.239 e. The number of hydrogen-bond acceptors (Lipinski definition) is 4. The molecule has 2 fully saturated rings. The van der Waals surface area contributed by atoms with Gasteiger partial charge in [0.2, 0.25) is 5.91 Å². The maximum atomic E-state index is 12.4. The van der Waals surface area contributed by atoms with Crippen molar-refractivity contribution in [1.29, 1.82) is 0 Å². The third-order valence-corrected chi connectivity index (χ3v) is 4.66. The Kier molecular flexibility index (Phi) is 4.98. The van der Waals surface area contributed by atoms with E-state index in [1.54, 1.807) is 0 Å². The van der Waals surface area contributed by atoms with E-state index >= 15 is 0 Å². The van der Waals surface area contributed by atoms with Crippen LogP contribution in [0.15, 0.2) is 24.3 Å². The molecule has 1 amide bonds. The van der Waals surface area contributed by atoms with Crippen LogP contribution in [0.2, 0.25) is 5.02 Å². The van der Waals surface area contributed by atoms with Gasteiger partial charge in [0.15, 0.2) is 0 Å². The van der Waals surface area contributed by atoms with Crippen LogP contribution in [0, 0.1) is 0 Å². The Labute approximate surface area is 135 Å². The topological polar surface area (TPSA) is 55.8 Å². The summed E-state index contributed by atoms with van der Waals surface area (Å²) in [6.45, 7) is 4.67. The summed E-state index contributed by atoms with van der Waals surface area (Å²) in [5.41, 5.74) is 1.24. The summed E-state index contributed by atoms with van der Waals surface area (Å²) in [6.07, 6.45) is 0.143. The maximum Gasteiger partial charge on any atom is 0.239 e. The predicted octanol–water partition coefficient (Wildman–Crippen LogP) is 0.707. The Bertz CT molecular complexity index is 515. The lowest BCUT2D eigenvalue weighted by Gasteiger charge is -2.36. The largest absolute Gasteiger partial charge is 0.392 e. The van der Waals surface area contributed by atoms with Crippen molar-refractivity contribution in [2.75, 3.05) is 32.7 Å². The normalized spacial score (nSPS) is 26.4. The molecule has 0 saturated carbocycles. The Morgan fingerprint density at radius 2 is 1.91 bits per heavy atom. The fourth-order valence-electron chi connectivity index (χ4n) is 3.10. The second-order valence-corrected chi connectivity index (χ2v) is 6.51. The number of aliphatic hydroxyl groups excluding tert-OH is 1. The van der Waals surface area contributed by atoms with E-state index in [1.807, 2.05) is 29.2 Å². The summed E-state index contributed by atoms with van der Waals surface area (Å²) >= 11 is 5.90. The zero-order valence-corrected chi connectivity index (χ0v) is 13.3. The minimum atomic E-state index is -0.389. The number of nitrogens with one attached hydrogen (secondary N) is 1. The molecule has 0 radical (unpaired) electrons. The Morgan fingerprint density at radius 1 is 1.23 bits per heavy atom. The van der Waals surface area contributed by atoms with E-state index < -0.39 is 0 Å².